The molecule has 1 aliphatic carbocycles. The molecular weight excluding hydrogens is 527 g/mol. The van der Waals surface area contributed by atoms with Crippen molar-refractivity contribution in [3.63, 3.8) is 0 Å². The van der Waals surface area contributed by atoms with E-state index in [2.05, 4.69) is 18.8 Å². The van der Waals surface area contributed by atoms with E-state index in [4.69, 9.17) is 14.8 Å². The molecule has 40 heavy (non-hydrogen) atoms. The standard InChI is InChI=1S/C31H37FN4O3S/c1-18-25(27(29(37)38)39-30(2,3)4)26(20-11-13-31(5,6)14-12-20)36-24(34-18)16-23(35-36)28-33-17-22(40-28)15-19-7-9-21(32)10-8-19/h7-10,16-17,20,27H,11-15H2,1-6H3,(H,37,38). The van der Waals surface area contributed by atoms with E-state index in [-0.39, 0.29) is 17.2 Å². The number of halogens is 1. The second kappa shape index (κ2) is 10.7. The number of aliphatic carboxylic acids is 1. The minimum atomic E-state index is -1.16. The minimum absolute atomic E-state index is 0.135. The van der Waals surface area contributed by atoms with Gasteiger partial charge in [0.05, 0.1) is 11.3 Å². The van der Waals surface area contributed by atoms with Crippen molar-refractivity contribution in [2.45, 2.75) is 91.3 Å². The molecule has 1 saturated carbocycles. The molecular formula is C31H37FN4O3S. The average Bonchev–Trinajstić information content (AvgIpc) is 3.50. The van der Waals surface area contributed by atoms with Gasteiger partial charge in [-0.3, -0.25) is 0 Å². The molecule has 212 valence electrons. The fourth-order valence-electron chi connectivity index (χ4n) is 5.55. The maximum absolute atomic E-state index is 13.3. The fourth-order valence-corrected chi connectivity index (χ4v) is 6.45. The van der Waals surface area contributed by atoms with Crippen molar-refractivity contribution in [2.75, 3.05) is 0 Å². The van der Waals surface area contributed by atoms with E-state index >= 15 is 0 Å². The number of fused-ring (bicyclic) bond motifs is 1. The molecule has 1 N–H and O–H groups in total. The molecule has 1 fully saturated rings. The Hall–Kier alpha value is -3.17. The zero-order chi connectivity index (χ0) is 28.8. The van der Waals surface area contributed by atoms with Gasteiger partial charge in [-0.15, -0.1) is 11.3 Å². The Balaban J connectivity index is 1.59. The van der Waals surface area contributed by atoms with Gasteiger partial charge in [-0.25, -0.2) is 23.7 Å². The molecule has 1 unspecified atom stereocenters. The number of carbonyl (C=O) groups is 1. The number of ether oxygens (including phenoxy) is 1. The van der Waals surface area contributed by atoms with Crippen LogP contribution in [0.2, 0.25) is 0 Å². The van der Waals surface area contributed by atoms with Crippen LogP contribution in [0.25, 0.3) is 16.3 Å². The van der Waals surface area contributed by atoms with Gasteiger partial charge in [0, 0.05) is 40.7 Å². The van der Waals surface area contributed by atoms with Crippen molar-refractivity contribution in [3.05, 3.63) is 69.7 Å². The molecule has 0 bridgehead atoms. The average molecular weight is 565 g/mol. The molecule has 1 aromatic carbocycles. The summed E-state index contributed by atoms with van der Waals surface area (Å²) in [6.45, 7) is 12.0. The van der Waals surface area contributed by atoms with E-state index in [1.807, 2.05) is 44.5 Å². The SMILES string of the molecule is Cc1nc2cc(-c3ncc(Cc4ccc(F)cc4)s3)nn2c(C2CCC(C)(C)CC2)c1C(OC(C)(C)C)C(=O)O. The first kappa shape index (κ1) is 28.4. The topological polar surface area (TPSA) is 89.6 Å². The number of nitrogens with zero attached hydrogens (tertiary/aromatic N) is 4. The van der Waals surface area contributed by atoms with Crippen molar-refractivity contribution in [1.82, 2.24) is 19.6 Å². The molecule has 0 amide bonds. The Kier molecular flexibility index (Phi) is 7.56. The molecule has 0 aliphatic heterocycles. The highest BCUT2D eigenvalue weighted by Gasteiger charge is 2.37. The van der Waals surface area contributed by atoms with E-state index in [0.29, 0.717) is 29.0 Å². The molecule has 4 aromatic rings. The van der Waals surface area contributed by atoms with Crippen LogP contribution in [0, 0.1) is 18.2 Å². The lowest BCUT2D eigenvalue weighted by atomic mass is 9.71. The van der Waals surface area contributed by atoms with Crippen molar-refractivity contribution >= 4 is 23.0 Å². The molecule has 9 heteroatoms. The number of carboxylic acids is 1. The number of benzene rings is 1. The number of hydrogen-bond acceptors (Lipinski definition) is 6. The van der Waals surface area contributed by atoms with Crippen LogP contribution in [0.15, 0.2) is 36.5 Å². The van der Waals surface area contributed by atoms with Crippen LogP contribution in [0.3, 0.4) is 0 Å². The third-order valence-electron chi connectivity index (χ3n) is 7.61. The summed E-state index contributed by atoms with van der Waals surface area (Å²) in [5.41, 5.74) is 4.10. The number of hydrogen-bond donors (Lipinski definition) is 1. The van der Waals surface area contributed by atoms with Gasteiger partial charge in [-0.05, 0) is 76.5 Å². The zero-order valence-electron chi connectivity index (χ0n) is 24.0. The van der Waals surface area contributed by atoms with Gasteiger partial charge in [0.1, 0.15) is 16.5 Å². The third kappa shape index (κ3) is 6.10. The van der Waals surface area contributed by atoms with Crippen LogP contribution in [0.1, 0.15) is 99.7 Å². The summed E-state index contributed by atoms with van der Waals surface area (Å²) in [6, 6.07) is 8.42. The van der Waals surface area contributed by atoms with Crippen LogP contribution >= 0.6 is 11.3 Å². The molecule has 0 saturated heterocycles. The van der Waals surface area contributed by atoms with Crippen LogP contribution in [0.4, 0.5) is 4.39 Å². The number of carboxylic acid groups (broad SMARTS) is 1. The summed E-state index contributed by atoms with van der Waals surface area (Å²) < 4.78 is 21.3. The zero-order valence-corrected chi connectivity index (χ0v) is 24.8. The smallest absolute Gasteiger partial charge is 0.337 e. The Morgan fingerprint density at radius 3 is 2.52 bits per heavy atom. The minimum Gasteiger partial charge on any atom is -0.479 e. The molecule has 1 atom stereocenters. The van der Waals surface area contributed by atoms with Gasteiger partial charge < -0.3 is 9.84 Å². The van der Waals surface area contributed by atoms with Gasteiger partial charge in [0.2, 0.25) is 0 Å². The summed E-state index contributed by atoms with van der Waals surface area (Å²) in [4.78, 5) is 23.1. The quantitative estimate of drug-likeness (QED) is 0.250. The number of aryl methyl sites for hydroxylation is 1. The van der Waals surface area contributed by atoms with Crippen LogP contribution in [-0.4, -0.2) is 36.3 Å². The Bertz CT molecular complexity index is 1520. The molecule has 5 rings (SSSR count). The fraction of sp³-hybridized carbons (Fsp3) is 0.484. The van der Waals surface area contributed by atoms with Gasteiger partial charge >= 0.3 is 5.97 Å². The second-order valence-electron chi connectivity index (χ2n) is 12.6. The summed E-state index contributed by atoms with van der Waals surface area (Å²) >= 11 is 1.54. The molecule has 7 nitrogen and oxygen atoms in total. The number of thiazole rings is 1. The Morgan fingerprint density at radius 2 is 1.90 bits per heavy atom. The first-order valence-corrected chi connectivity index (χ1v) is 14.6. The first-order valence-electron chi connectivity index (χ1n) is 13.8. The maximum Gasteiger partial charge on any atom is 0.337 e. The largest absolute Gasteiger partial charge is 0.479 e. The Morgan fingerprint density at radius 1 is 1.23 bits per heavy atom. The van der Waals surface area contributed by atoms with Crippen molar-refractivity contribution < 1.29 is 19.0 Å². The van der Waals surface area contributed by atoms with Crippen LogP contribution in [-0.2, 0) is 16.0 Å². The van der Waals surface area contributed by atoms with E-state index in [1.165, 1.54) is 12.1 Å². The Labute approximate surface area is 238 Å². The van der Waals surface area contributed by atoms with E-state index < -0.39 is 17.7 Å². The predicted octanol–water partition coefficient (Wildman–Crippen LogP) is 7.52. The molecule has 0 spiro atoms. The molecule has 1 aliphatic rings. The first-order chi connectivity index (χ1) is 18.8. The lowest BCUT2D eigenvalue weighted by molar-refractivity contribution is -0.161. The monoisotopic (exact) mass is 564 g/mol. The molecule has 0 radical (unpaired) electrons. The van der Waals surface area contributed by atoms with Gasteiger partial charge in [-0.2, -0.15) is 5.10 Å². The van der Waals surface area contributed by atoms with Crippen molar-refractivity contribution in [2.24, 2.45) is 5.41 Å². The predicted molar refractivity (Wildman–Crippen MR) is 154 cm³/mol. The third-order valence-corrected chi connectivity index (χ3v) is 8.63. The maximum atomic E-state index is 13.3. The lowest BCUT2D eigenvalue weighted by Crippen LogP contribution is -2.31. The molecule has 3 heterocycles. The summed E-state index contributed by atoms with van der Waals surface area (Å²) in [6.07, 6.45) is 5.30. The lowest BCUT2D eigenvalue weighted by Gasteiger charge is -2.36. The van der Waals surface area contributed by atoms with E-state index in [1.54, 1.807) is 23.5 Å². The highest BCUT2D eigenvalue weighted by molar-refractivity contribution is 7.15. The number of rotatable bonds is 7. The van der Waals surface area contributed by atoms with E-state index in [0.717, 1.165) is 46.8 Å². The van der Waals surface area contributed by atoms with E-state index in [9.17, 15) is 14.3 Å². The summed E-state index contributed by atoms with van der Waals surface area (Å²) in [7, 11) is 0. The van der Waals surface area contributed by atoms with Crippen molar-refractivity contribution in [3.8, 4) is 10.7 Å². The molecule has 3 aromatic heterocycles. The summed E-state index contributed by atoms with van der Waals surface area (Å²) in [5.74, 6) is -1.15. The van der Waals surface area contributed by atoms with Crippen molar-refractivity contribution in [1.29, 1.82) is 0 Å². The number of aromatic nitrogens is 4. The second-order valence-corrected chi connectivity index (χ2v) is 13.7. The van der Waals surface area contributed by atoms with Gasteiger partial charge in [0.15, 0.2) is 11.8 Å². The van der Waals surface area contributed by atoms with Crippen LogP contribution in [0.5, 0.6) is 0 Å². The normalized spacial score (nSPS) is 16.9. The van der Waals surface area contributed by atoms with Gasteiger partial charge in [-0.1, -0.05) is 26.0 Å². The highest BCUT2D eigenvalue weighted by Crippen LogP contribution is 2.45. The van der Waals surface area contributed by atoms with Gasteiger partial charge in [0.25, 0.3) is 0 Å². The summed E-state index contributed by atoms with van der Waals surface area (Å²) in [5, 5.41) is 16.0. The highest BCUT2D eigenvalue weighted by atomic mass is 32.1. The van der Waals surface area contributed by atoms with Crippen LogP contribution < -0.4 is 0 Å².